The minimum atomic E-state index is -4.06. The number of sulfonamides is 1. The number of hydrogen-bond donors (Lipinski definition) is 1. The Bertz CT molecular complexity index is 1330. The van der Waals surface area contributed by atoms with E-state index in [1.807, 2.05) is 64.1 Å². The van der Waals surface area contributed by atoms with Gasteiger partial charge in [0, 0.05) is 13.1 Å². The van der Waals surface area contributed by atoms with Crippen LogP contribution in [0, 0.1) is 13.8 Å². The van der Waals surface area contributed by atoms with Crippen LogP contribution in [0.5, 0.6) is 0 Å². The zero-order chi connectivity index (χ0) is 27.7. The van der Waals surface area contributed by atoms with E-state index in [9.17, 15) is 18.0 Å². The smallest absolute Gasteiger partial charge is 0.264 e. The van der Waals surface area contributed by atoms with E-state index in [2.05, 4.69) is 5.32 Å². The lowest BCUT2D eigenvalue weighted by atomic mass is 10.1. The molecular formula is C30H37N3O4S. The second-order valence-electron chi connectivity index (χ2n) is 9.31. The summed E-state index contributed by atoms with van der Waals surface area (Å²) in [5.41, 5.74) is 3.22. The third kappa shape index (κ3) is 7.22. The third-order valence-electron chi connectivity index (χ3n) is 6.40. The molecule has 3 aromatic carbocycles. The maximum Gasteiger partial charge on any atom is 0.264 e. The maximum absolute atomic E-state index is 13.9. The minimum Gasteiger partial charge on any atom is -0.355 e. The molecule has 0 fully saturated rings. The Morgan fingerprint density at radius 1 is 0.868 bits per heavy atom. The topological polar surface area (TPSA) is 86.8 Å². The highest BCUT2D eigenvalue weighted by Crippen LogP contribution is 2.25. The predicted molar refractivity (Wildman–Crippen MR) is 152 cm³/mol. The van der Waals surface area contributed by atoms with Crippen molar-refractivity contribution in [3.63, 3.8) is 0 Å². The Balaban J connectivity index is 2.00. The van der Waals surface area contributed by atoms with Gasteiger partial charge in [-0.1, -0.05) is 67.1 Å². The van der Waals surface area contributed by atoms with Crippen LogP contribution in [0.2, 0.25) is 0 Å². The predicted octanol–water partition coefficient (Wildman–Crippen LogP) is 4.48. The van der Waals surface area contributed by atoms with E-state index in [1.165, 1.54) is 4.90 Å². The molecule has 202 valence electrons. The van der Waals surface area contributed by atoms with Gasteiger partial charge in [-0.2, -0.15) is 0 Å². The van der Waals surface area contributed by atoms with Crippen molar-refractivity contribution in [1.82, 2.24) is 10.2 Å². The first-order valence-electron chi connectivity index (χ1n) is 12.9. The lowest BCUT2D eigenvalue weighted by Crippen LogP contribution is -2.53. The van der Waals surface area contributed by atoms with Crippen molar-refractivity contribution in [2.75, 3.05) is 23.9 Å². The summed E-state index contributed by atoms with van der Waals surface area (Å²) in [5, 5.41) is 2.82. The molecule has 0 aliphatic heterocycles. The van der Waals surface area contributed by atoms with Gasteiger partial charge < -0.3 is 10.2 Å². The number of benzene rings is 3. The van der Waals surface area contributed by atoms with Crippen LogP contribution in [0.3, 0.4) is 0 Å². The summed E-state index contributed by atoms with van der Waals surface area (Å²) in [6.07, 6.45) is 0.944. The molecule has 0 aliphatic carbocycles. The number of carbonyl (C=O) groups is 2. The molecule has 38 heavy (non-hydrogen) atoms. The molecule has 8 heteroatoms. The Kier molecular flexibility index (Phi) is 10.1. The van der Waals surface area contributed by atoms with Crippen molar-refractivity contribution in [3.05, 3.63) is 95.6 Å². The van der Waals surface area contributed by atoms with Crippen LogP contribution in [-0.4, -0.2) is 50.8 Å². The summed E-state index contributed by atoms with van der Waals surface area (Å²) >= 11 is 0. The standard InChI is InChI=1S/C30H37N3O4S/c1-5-28(30(35)31-6-2)32(20-19-25-12-8-7-9-13-25)29(34)22-33(26-14-10-11-24(4)21-26)38(36,37)27-17-15-23(3)16-18-27/h7-18,21,28H,5-6,19-20,22H2,1-4H3,(H,31,35)/t28-/m1/s1. The normalized spacial score (nSPS) is 12.0. The van der Waals surface area contributed by atoms with Crippen LogP contribution >= 0.6 is 0 Å². The van der Waals surface area contributed by atoms with Crippen molar-refractivity contribution in [2.24, 2.45) is 0 Å². The molecular weight excluding hydrogens is 498 g/mol. The van der Waals surface area contributed by atoms with Gasteiger partial charge in [0.15, 0.2) is 0 Å². The minimum absolute atomic E-state index is 0.101. The highest BCUT2D eigenvalue weighted by Gasteiger charge is 2.33. The van der Waals surface area contributed by atoms with Gasteiger partial charge in [-0.3, -0.25) is 13.9 Å². The lowest BCUT2D eigenvalue weighted by Gasteiger charge is -2.33. The van der Waals surface area contributed by atoms with Crippen LogP contribution in [0.25, 0.3) is 0 Å². The molecule has 1 atom stereocenters. The fourth-order valence-corrected chi connectivity index (χ4v) is 5.74. The van der Waals surface area contributed by atoms with E-state index in [-0.39, 0.29) is 17.3 Å². The summed E-state index contributed by atoms with van der Waals surface area (Å²) in [5.74, 6) is -0.684. The molecule has 0 saturated heterocycles. The summed E-state index contributed by atoms with van der Waals surface area (Å²) in [6.45, 7) is 7.73. The number of amides is 2. The van der Waals surface area contributed by atoms with Crippen LogP contribution in [0.4, 0.5) is 5.69 Å². The Morgan fingerprint density at radius 2 is 1.55 bits per heavy atom. The lowest BCUT2D eigenvalue weighted by molar-refractivity contribution is -0.139. The fraction of sp³-hybridized carbons (Fsp3) is 0.333. The van der Waals surface area contributed by atoms with Crippen molar-refractivity contribution >= 4 is 27.5 Å². The molecule has 0 aromatic heterocycles. The van der Waals surface area contributed by atoms with E-state index in [0.29, 0.717) is 25.1 Å². The average Bonchev–Trinajstić information content (AvgIpc) is 2.90. The van der Waals surface area contributed by atoms with Gasteiger partial charge in [-0.15, -0.1) is 0 Å². The number of rotatable bonds is 12. The monoisotopic (exact) mass is 535 g/mol. The molecule has 0 heterocycles. The van der Waals surface area contributed by atoms with Gasteiger partial charge >= 0.3 is 0 Å². The van der Waals surface area contributed by atoms with Crippen LogP contribution in [0.15, 0.2) is 83.8 Å². The molecule has 0 spiro atoms. The zero-order valence-corrected chi connectivity index (χ0v) is 23.4. The first-order chi connectivity index (χ1) is 18.2. The van der Waals surface area contributed by atoms with Gasteiger partial charge in [0.05, 0.1) is 10.6 Å². The summed E-state index contributed by atoms with van der Waals surface area (Å²) in [7, 11) is -4.06. The van der Waals surface area contributed by atoms with E-state index in [1.54, 1.807) is 42.5 Å². The molecule has 0 aliphatic rings. The number of anilines is 1. The number of likely N-dealkylation sites (N-methyl/N-ethyl adjacent to an activating group) is 1. The third-order valence-corrected chi connectivity index (χ3v) is 8.19. The van der Waals surface area contributed by atoms with E-state index < -0.39 is 28.5 Å². The van der Waals surface area contributed by atoms with Crippen molar-refractivity contribution in [1.29, 1.82) is 0 Å². The average molecular weight is 536 g/mol. The molecule has 0 unspecified atom stereocenters. The second-order valence-corrected chi connectivity index (χ2v) is 11.2. The summed E-state index contributed by atoms with van der Waals surface area (Å²) < 4.78 is 28.8. The number of nitrogens with zero attached hydrogens (tertiary/aromatic N) is 2. The van der Waals surface area contributed by atoms with E-state index >= 15 is 0 Å². The first-order valence-corrected chi connectivity index (χ1v) is 14.4. The van der Waals surface area contributed by atoms with Crippen molar-refractivity contribution < 1.29 is 18.0 Å². The molecule has 3 aromatic rings. The van der Waals surface area contributed by atoms with Crippen molar-refractivity contribution in [2.45, 2.75) is 51.5 Å². The Labute approximate surface area is 226 Å². The largest absolute Gasteiger partial charge is 0.355 e. The molecule has 0 saturated carbocycles. The Hall–Kier alpha value is -3.65. The summed E-state index contributed by atoms with van der Waals surface area (Å²) in [6, 6.07) is 22.6. The zero-order valence-electron chi connectivity index (χ0n) is 22.6. The fourth-order valence-electron chi connectivity index (χ4n) is 4.34. The number of nitrogens with one attached hydrogen (secondary N) is 1. The van der Waals surface area contributed by atoms with Gasteiger partial charge in [0.1, 0.15) is 12.6 Å². The van der Waals surface area contributed by atoms with Gasteiger partial charge in [-0.25, -0.2) is 8.42 Å². The molecule has 7 nitrogen and oxygen atoms in total. The highest BCUT2D eigenvalue weighted by atomic mass is 32.2. The molecule has 1 N–H and O–H groups in total. The maximum atomic E-state index is 13.9. The molecule has 3 rings (SSSR count). The van der Waals surface area contributed by atoms with E-state index in [4.69, 9.17) is 0 Å². The van der Waals surface area contributed by atoms with E-state index in [0.717, 1.165) is 21.0 Å². The highest BCUT2D eigenvalue weighted by molar-refractivity contribution is 7.92. The molecule has 0 radical (unpaired) electrons. The van der Waals surface area contributed by atoms with Crippen LogP contribution < -0.4 is 9.62 Å². The van der Waals surface area contributed by atoms with Gasteiger partial charge in [0.2, 0.25) is 11.8 Å². The number of carbonyl (C=O) groups excluding carboxylic acids is 2. The first kappa shape index (κ1) is 28.9. The van der Waals surface area contributed by atoms with Crippen LogP contribution in [0.1, 0.15) is 37.0 Å². The molecule has 2 amide bonds. The summed E-state index contributed by atoms with van der Waals surface area (Å²) in [4.78, 5) is 28.5. The SMILES string of the molecule is CCNC(=O)[C@@H](CC)N(CCc1ccccc1)C(=O)CN(c1cccc(C)c1)S(=O)(=O)c1ccc(C)cc1. The second kappa shape index (κ2) is 13.2. The van der Waals surface area contributed by atoms with Crippen LogP contribution in [-0.2, 0) is 26.0 Å². The number of aryl methyl sites for hydroxylation is 2. The molecule has 0 bridgehead atoms. The quantitative estimate of drug-likeness (QED) is 0.370. The van der Waals surface area contributed by atoms with Gasteiger partial charge in [-0.05, 0) is 69.0 Å². The Morgan fingerprint density at radius 3 is 2.16 bits per heavy atom. The van der Waals surface area contributed by atoms with Crippen molar-refractivity contribution in [3.8, 4) is 0 Å². The number of hydrogen-bond acceptors (Lipinski definition) is 4. The van der Waals surface area contributed by atoms with Gasteiger partial charge in [0.25, 0.3) is 10.0 Å².